The number of ketones is 2. The van der Waals surface area contributed by atoms with Gasteiger partial charge >= 0.3 is 5.97 Å². The highest BCUT2D eigenvalue weighted by Gasteiger charge is 2.20. The van der Waals surface area contributed by atoms with Crippen LogP contribution >= 0.6 is 0 Å². The molecule has 0 atom stereocenters. The van der Waals surface area contributed by atoms with Crippen LogP contribution in [0.5, 0.6) is 5.75 Å². The fourth-order valence-corrected chi connectivity index (χ4v) is 2.67. The lowest BCUT2D eigenvalue weighted by molar-refractivity contribution is 0.0473. The molecule has 0 aliphatic heterocycles. The van der Waals surface area contributed by atoms with Crippen LogP contribution in [-0.4, -0.2) is 31.3 Å². The normalized spacial score (nSPS) is 10.2. The second-order valence-electron chi connectivity index (χ2n) is 5.97. The van der Waals surface area contributed by atoms with Crippen molar-refractivity contribution in [3.63, 3.8) is 0 Å². The first-order valence-corrected chi connectivity index (χ1v) is 8.63. The highest BCUT2D eigenvalue weighted by molar-refractivity contribution is 6.14. The first kappa shape index (κ1) is 19.0. The molecule has 0 fully saturated rings. The Labute approximate surface area is 162 Å². The second kappa shape index (κ2) is 8.77. The Morgan fingerprint density at radius 2 is 1.32 bits per heavy atom. The van der Waals surface area contributed by atoms with Gasteiger partial charge < -0.3 is 9.47 Å². The third-order valence-corrected chi connectivity index (χ3v) is 4.17. The number of rotatable bonds is 7. The van der Waals surface area contributed by atoms with Crippen LogP contribution in [0.1, 0.15) is 36.6 Å². The van der Waals surface area contributed by atoms with Crippen LogP contribution in [0.25, 0.3) is 0 Å². The number of benzene rings is 3. The van der Waals surface area contributed by atoms with E-state index in [1.165, 1.54) is 13.2 Å². The minimum atomic E-state index is -0.721. The summed E-state index contributed by atoms with van der Waals surface area (Å²) < 4.78 is 10.2. The molecule has 0 N–H and O–H groups in total. The summed E-state index contributed by atoms with van der Waals surface area (Å²) in [4.78, 5) is 37.4. The van der Waals surface area contributed by atoms with Crippen molar-refractivity contribution in [1.82, 2.24) is 0 Å². The summed E-state index contributed by atoms with van der Waals surface area (Å²) in [6.45, 7) is -0.418. The predicted molar refractivity (Wildman–Crippen MR) is 104 cm³/mol. The molecule has 0 amide bonds. The molecule has 0 aromatic heterocycles. The number of Topliss-reactive ketones (excluding diaryl/α,β-unsaturated/α-hetero) is 1. The van der Waals surface area contributed by atoms with Crippen molar-refractivity contribution in [1.29, 1.82) is 0 Å². The molecule has 5 heteroatoms. The van der Waals surface area contributed by atoms with Gasteiger partial charge in [0.15, 0.2) is 18.2 Å². The summed E-state index contributed by atoms with van der Waals surface area (Å²) in [5, 5.41) is 0. The lowest BCUT2D eigenvalue weighted by Gasteiger charge is -2.09. The van der Waals surface area contributed by atoms with Crippen LogP contribution < -0.4 is 4.74 Å². The van der Waals surface area contributed by atoms with Gasteiger partial charge in [0.25, 0.3) is 0 Å². The summed E-state index contributed by atoms with van der Waals surface area (Å²) in [7, 11) is 1.53. The first-order valence-electron chi connectivity index (χ1n) is 8.63. The SMILES string of the molecule is COc1ccc(C(=O)COC(=O)c2ccccc2C(=O)c2ccccc2)cc1. The Morgan fingerprint density at radius 1 is 0.714 bits per heavy atom. The van der Waals surface area contributed by atoms with E-state index in [0.717, 1.165) is 0 Å². The molecule has 3 aromatic rings. The van der Waals surface area contributed by atoms with Crippen molar-refractivity contribution in [3.05, 3.63) is 101 Å². The zero-order valence-electron chi connectivity index (χ0n) is 15.3. The topological polar surface area (TPSA) is 69.7 Å². The van der Waals surface area contributed by atoms with Crippen molar-refractivity contribution in [2.75, 3.05) is 13.7 Å². The molecule has 140 valence electrons. The van der Waals surface area contributed by atoms with Crippen LogP contribution in [-0.2, 0) is 4.74 Å². The summed E-state index contributed by atoms with van der Waals surface area (Å²) >= 11 is 0. The quantitative estimate of drug-likeness (QED) is 0.462. The van der Waals surface area contributed by atoms with Gasteiger partial charge in [-0.25, -0.2) is 4.79 Å². The Hall–Kier alpha value is -3.73. The molecule has 5 nitrogen and oxygen atoms in total. The maximum absolute atomic E-state index is 12.7. The van der Waals surface area contributed by atoms with E-state index in [1.54, 1.807) is 66.7 Å². The lowest BCUT2D eigenvalue weighted by atomic mass is 9.98. The molecule has 0 radical (unpaired) electrons. The van der Waals surface area contributed by atoms with E-state index in [0.29, 0.717) is 16.9 Å². The molecule has 0 heterocycles. The number of hydrogen-bond donors (Lipinski definition) is 0. The Kier molecular flexibility index (Phi) is 5.97. The first-order chi connectivity index (χ1) is 13.6. The fourth-order valence-electron chi connectivity index (χ4n) is 2.67. The van der Waals surface area contributed by atoms with E-state index in [-0.39, 0.29) is 22.7 Å². The van der Waals surface area contributed by atoms with Gasteiger partial charge in [-0.3, -0.25) is 9.59 Å². The van der Waals surface area contributed by atoms with Crippen LogP contribution in [0.4, 0.5) is 0 Å². The average molecular weight is 374 g/mol. The Morgan fingerprint density at radius 3 is 1.96 bits per heavy atom. The molecule has 3 aromatic carbocycles. The van der Waals surface area contributed by atoms with Gasteiger partial charge in [-0.15, -0.1) is 0 Å². The van der Waals surface area contributed by atoms with Gasteiger partial charge in [-0.05, 0) is 30.3 Å². The number of esters is 1. The van der Waals surface area contributed by atoms with E-state index < -0.39 is 12.6 Å². The third kappa shape index (κ3) is 4.32. The molecule has 0 unspecified atom stereocenters. The van der Waals surface area contributed by atoms with E-state index in [1.807, 2.05) is 6.07 Å². The molecule has 28 heavy (non-hydrogen) atoms. The minimum absolute atomic E-state index is 0.124. The van der Waals surface area contributed by atoms with Gasteiger partial charge in [0.05, 0.1) is 12.7 Å². The van der Waals surface area contributed by atoms with Crippen LogP contribution in [0, 0.1) is 0 Å². The highest BCUT2D eigenvalue weighted by Crippen LogP contribution is 2.16. The summed E-state index contributed by atoms with van der Waals surface area (Å²) in [6, 6.07) is 21.6. The monoisotopic (exact) mass is 374 g/mol. The standard InChI is InChI=1S/C23H18O5/c1-27-18-13-11-16(12-14-18)21(24)15-28-23(26)20-10-6-5-9-19(20)22(25)17-7-3-2-4-8-17/h2-14H,15H2,1H3. The fraction of sp³-hybridized carbons (Fsp3) is 0.0870. The van der Waals surface area contributed by atoms with E-state index in [4.69, 9.17) is 9.47 Å². The molecule has 0 aliphatic carbocycles. The molecular weight excluding hydrogens is 356 g/mol. The van der Waals surface area contributed by atoms with Gasteiger partial charge in [0.1, 0.15) is 5.75 Å². The summed E-state index contributed by atoms with van der Waals surface area (Å²) in [5.74, 6) is -0.721. The number of carbonyl (C=O) groups excluding carboxylic acids is 3. The van der Waals surface area contributed by atoms with Gasteiger partial charge in [0, 0.05) is 16.7 Å². The molecule has 0 aliphatic rings. The number of ether oxygens (including phenoxy) is 2. The lowest BCUT2D eigenvalue weighted by Crippen LogP contribution is -2.17. The summed E-state index contributed by atoms with van der Waals surface area (Å²) in [6.07, 6.45) is 0. The van der Waals surface area contributed by atoms with Crippen molar-refractivity contribution in [2.45, 2.75) is 0 Å². The number of carbonyl (C=O) groups is 3. The highest BCUT2D eigenvalue weighted by atomic mass is 16.5. The van der Waals surface area contributed by atoms with Crippen LogP contribution in [0.2, 0.25) is 0 Å². The van der Waals surface area contributed by atoms with E-state index in [2.05, 4.69) is 0 Å². The second-order valence-corrected chi connectivity index (χ2v) is 5.97. The van der Waals surface area contributed by atoms with Crippen molar-refractivity contribution < 1.29 is 23.9 Å². The molecule has 0 saturated heterocycles. The molecule has 0 bridgehead atoms. The van der Waals surface area contributed by atoms with E-state index >= 15 is 0 Å². The Bertz CT molecular complexity index is 991. The minimum Gasteiger partial charge on any atom is -0.497 e. The summed E-state index contributed by atoms with van der Waals surface area (Å²) in [5.41, 5.74) is 1.23. The van der Waals surface area contributed by atoms with Gasteiger partial charge in [0.2, 0.25) is 0 Å². The van der Waals surface area contributed by atoms with Crippen LogP contribution in [0.3, 0.4) is 0 Å². The van der Waals surface area contributed by atoms with Crippen molar-refractivity contribution in [3.8, 4) is 5.75 Å². The average Bonchev–Trinajstić information content (AvgIpc) is 2.77. The third-order valence-electron chi connectivity index (χ3n) is 4.17. The number of hydrogen-bond acceptors (Lipinski definition) is 5. The number of methoxy groups -OCH3 is 1. The predicted octanol–water partition coefficient (Wildman–Crippen LogP) is 3.97. The smallest absolute Gasteiger partial charge is 0.339 e. The molecular formula is C23H18O5. The van der Waals surface area contributed by atoms with Crippen LogP contribution in [0.15, 0.2) is 78.9 Å². The Balaban J connectivity index is 1.72. The maximum Gasteiger partial charge on any atom is 0.339 e. The molecule has 3 rings (SSSR count). The molecule has 0 saturated carbocycles. The maximum atomic E-state index is 12.7. The van der Waals surface area contributed by atoms with E-state index in [9.17, 15) is 14.4 Å². The van der Waals surface area contributed by atoms with Gasteiger partial charge in [-0.1, -0.05) is 48.5 Å². The molecule has 0 spiro atoms. The largest absolute Gasteiger partial charge is 0.497 e. The van der Waals surface area contributed by atoms with Crippen molar-refractivity contribution in [2.24, 2.45) is 0 Å². The zero-order valence-corrected chi connectivity index (χ0v) is 15.3. The zero-order chi connectivity index (χ0) is 19.9. The van der Waals surface area contributed by atoms with Crippen molar-refractivity contribution >= 4 is 17.5 Å². The van der Waals surface area contributed by atoms with Gasteiger partial charge in [-0.2, -0.15) is 0 Å².